The summed E-state index contributed by atoms with van der Waals surface area (Å²) in [4.78, 5) is 0. The summed E-state index contributed by atoms with van der Waals surface area (Å²) in [6, 6.07) is 11.9. The van der Waals surface area contributed by atoms with Gasteiger partial charge in [-0.15, -0.1) is 0 Å². The zero-order valence-electron chi connectivity index (χ0n) is 11.4. The Bertz CT molecular complexity index is 555. The monoisotopic (exact) mass is 275 g/mol. The number of hydrogen-bond donors (Lipinski definition) is 1. The van der Waals surface area contributed by atoms with E-state index in [0.717, 1.165) is 11.1 Å². The molecule has 106 valence electrons. The maximum absolute atomic E-state index is 12.9. The highest BCUT2D eigenvalue weighted by atomic mass is 19.1. The number of benzene rings is 2. The highest BCUT2D eigenvalue weighted by molar-refractivity contribution is 5.46. The average Bonchev–Trinajstić information content (AvgIpc) is 2.47. The Morgan fingerprint density at radius 1 is 1.05 bits per heavy atom. The molecule has 0 amide bonds. The molecule has 0 aliphatic rings. The van der Waals surface area contributed by atoms with E-state index in [2.05, 4.69) is 0 Å². The molecular formula is C16H18FNO2. The molecule has 0 saturated heterocycles. The molecule has 0 aliphatic heterocycles. The molecule has 0 aromatic heterocycles. The lowest BCUT2D eigenvalue weighted by Gasteiger charge is -2.15. The second-order valence-electron chi connectivity index (χ2n) is 4.30. The predicted octanol–water partition coefficient (Wildman–Crippen LogP) is 3.26. The van der Waals surface area contributed by atoms with Gasteiger partial charge in [-0.2, -0.15) is 0 Å². The van der Waals surface area contributed by atoms with Crippen LogP contribution in [0.2, 0.25) is 0 Å². The maximum atomic E-state index is 12.9. The Hall–Kier alpha value is -2.07. The van der Waals surface area contributed by atoms with Crippen LogP contribution in [0.1, 0.15) is 18.1 Å². The average molecular weight is 275 g/mol. The molecule has 0 heterocycles. The molecule has 2 aromatic rings. The van der Waals surface area contributed by atoms with Crippen molar-refractivity contribution >= 4 is 0 Å². The minimum absolute atomic E-state index is 0.258. The minimum Gasteiger partial charge on any atom is -0.490 e. The number of para-hydroxylation sites is 1. The molecule has 2 rings (SSSR count). The Morgan fingerprint density at radius 3 is 2.45 bits per heavy atom. The highest BCUT2D eigenvalue weighted by Gasteiger charge is 2.10. The van der Waals surface area contributed by atoms with Crippen molar-refractivity contribution in [3.05, 3.63) is 59.4 Å². The number of rotatable bonds is 6. The Balaban J connectivity index is 2.16. The van der Waals surface area contributed by atoms with Gasteiger partial charge < -0.3 is 15.2 Å². The van der Waals surface area contributed by atoms with Crippen LogP contribution in [0.3, 0.4) is 0 Å². The van der Waals surface area contributed by atoms with Crippen molar-refractivity contribution in [3.8, 4) is 11.5 Å². The third kappa shape index (κ3) is 3.48. The molecular weight excluding hydrogens is 257 g/mol. The first-order chi connectivity index (χ1) is 9.74. The first-order valence-electron chi connectivity index (χ1n) is 6.56. The van der Waals surface area contributed by atoms with Crippen LogP contribution in [-0.2, 0) is 13.2 Å². The molecule has 2 N–H and O–H groups in total. The van der Waals surface area contributed by atoms with Crippen LogP contribution in [0.15, 0.2) is 42.5 Å². The lowest BCUT2D eigenvalue weighted by molar-refractivity contribution is 0.266. The number of hydrogen-bond acceptors (Lipinski definition) is 3. The van der Waals surface area contributed by atoms with Gasteiger partial charge in [0.25, 0.3) is 0 Å². The molecule has 20 heavy (non-hydrogen) atoms. The summed E-state index contributed by atoms with van der Waals surface area (Å²) in [5.74, 6) is 1.07. The zero-order chi connectivity index (χ0) is 14.4. The van der Waals surface area contributed by atoms with Crippen LogP contribution < -0.4 is 15.2 Å². The fourth-order valence-electron chi connectivity index (χ4n) is 1.89. The standard InChI is InChI=1S/C16H18FNO2/c1-2-19-15-5-3-4-13(10-18)16(15)20-11-12-6-8-14(17)9-7-12/h3-9H,2,10-11,18H2,1H3. The summed E-state index contributed by atoms with van der Waals surface area (Å²) in [6.45, 7) is 3.19. The maximum Gasteiger partial charge on any atom is 0.166 e. The van der Waals surface area contributed by atoms with E-state index < -0.39 is 0 Å². The van der Waals surface area contributed by atoms with E-state index in [1.165, 1.54) is 12.1 Å². The summed E-state index contributed by atoms with van der Waals surface area (Å²) in [7, 11) is 0. The van der Waals surface area contributed by atoms with E-state index in [1.54, 1.807) is 12.1 Å². The molecule has 0 aliphatic carbocycles. The Kier molecular flexibility index (Phi) is 4.96. The number of halogens is 1. The van der Waals surface area contributed by atoms with Gasteiger partial charge in [0.2, 0.25) is 0 Å². The van der Waals surface area contributed by atoms with Gasteiger partial charge in [-0.25, -0.2) is 4.39 Å². The van der Waals surface area contributed by atoms with Crippen molar-refractivity contribution in [3.63, 3.8) is 0 Å². The molecule has 2 aromatic carbocycles. The molecule has 0 bridgehead atoms. The summed E-state index contributed by atoms with van der Waals surface area (Å²) in [5, 5.41) is 0. The molecule has 0 radical (unpaired) electrons. The van der Waals surface area contributed by atoms with Gasteiger partial charge in [0.1, 0.15) is 12.4 Å². The topological polar surface area (TPSA) is 44.5 Å². The van der Waals surface area contributed by atoms with Crippen molar-refractivity contribution in [2.24, 2.45) is 5.73 Å². The second kappa shape index (κ2) is 6.91. The highest BCUT2D eigenvalue weighted by Crippen LogP contribution is 2.31. The number of nitrogens with two attached hydrogens (primary N) is 1. The van der Waals surface area contributed by atoms with Crippen LogP contribution >= 0.6 is 0 Å². The van der Waals surface area contributed by atoms with Gasteiger partial charge in [0.05, 0.1) is 6.61 Å². The van der Waals surface area contributed by atoms with E-state index >= 15 is 0 Å². The van der Waals surface area contributed by atoms with Crippen LogP contribution in [0.5, 0.6) is 11.5 Å². The van der Waals surface area contributed by atoms with E-state index in [-0.39, 0.29) is 5.82 Å². The third-order valence-corrected chi connectivity index (χ3v) is 2.88. The van der Waals surface area contributed by atoms with Gasteiger partial charge >= 0.3 is 0 Å². The third-order valence-electron chi connectivity index (χ3n) is 2.88. The van der Waals surface area contributed by atoms with Crippen molar-refractivity contribution < 1.29 is 13.9 Å². The molecule has 0 fully saturated rings. The van der Waals surface area contributed by atoms with Gasteiger partial charge in [0, 0.05) is 12.1 Å². The lowest BCUT2D eigenvalue weighted by Crippen LogP contribution is -2.05. The van der Waals surface area contributed by atoms with Crippen molar-refractivity contribution in [1.82, 2.24) is 0 Å². The molecule has 0 unspecified atom stereocenters. The summed E-state index contributed by atoms with van der Waals surface area (Å²) in [5.41, 5.74) is 7.50. The van der Waals surface area contributed by atoms with Crippen molar-refractivity contribution in [1.29, 1.82) is 0 Å². The van der Waals surface area contributed by atoms with Gasteiger partial charge in [-0.1, -0.05) is 24.3 Å². The SMILES string of the molecule is CCOc1cccc(CN)c1OCc1ccc(F)cc1. The molecule has 4 heteroatoms. The van der Waals surface area contributed by atoms with E-state index in [4.69, 9.17) is 15.2 Å². The van der Waals surface area contributed by atoms with Gasteiger partial charge in [-0.3, -0.25) is 0 Å². The first kappa shape index (κ1) is 14.3. The smallest absolute Gasteiger partial charge is 0.166 e. The van der Waals surface area contributed by atoms with Crippen molar-refractivity contribution in [2.75, 3.05) is 6.61 Å². The van der Waals surface area contributed by atoms with E-state index in [9.17, 15) is 4.39 Å². The fraction of sp³-hybridized carbons (Fsp3) is 0.250. The van der Waals surface area contributed by atoms with Crippen molar-refractivity contribution in [2.45, 2.75) is 20.1 Å². The Morgan fingerprint density at radius 2 is 1.80 bits per heavy atom. The van der Waals surface area contributed by atoms with Crippen LogP contribution in [0.4, 0.5) is 4.39 Å². The molecule has 3 nitrogen and oxygen atoms in total. The van der Waals surface area contributed by atoms with Gasteiger partial charge in [-0.05, 0) is 30.7 Å². The minimum atomic E-state index is -0.258. The summed E-state index contributed by atoms with van der Waals surface area (Å²) >= 11 is 0. The molecule has 0 atom stereocenters. The van der Waals surface area contributed by atoms with Gasteiger partial charge in [0.15, 0.2) is 11.5 Å². The summed E-state index contributed by atoms with van der Waals surface area (Å²) in [6.07, 6.45) is 0. The first-order valence-corrected chi connectivity index (χ1v) is 6.56. The molecule has 0 spiro atoms. The normalized spacial score (nSPS) is 10.3. The van der Waals surface area contributed by atoms with E-state index in [1.807, 2.05) is 25.1 Å². The van der Waals surface area contributed by atoms with Crippen LogP contribution in [0, 0.1) is 5.82 Å². The van der Waals surface area contributed by atoms with Crippen LogP contribution in [0.25, 0.3) is 0 Å². The lowest BCUT2D eigenvalue weighted by atomic mass is 10.2. The fourth-order valence-corrected chi connectivity index (χ4v) is 1.89. The predicted molar refractivity (Wildman–Crippen MR) is 76.2 cm³/mol. The van der Waals surface area contributed by atoms with E-state index in [0.29, 0.717) is 31.3 Å². The molecule has 0 saturated carbocycles. The largest absolute Gasteiger partial charge is 0.490 e. The summed E-state index contributed by atoms with van der Waals surface area (Å²) < 4.78 is 24.2. The Labute approximate surface area is 118 Å². The van der Waals surface area contributed by atoms with Crippen LogP contribution in [-0.4, -0.2) is 6.61 Å². The quantitative estimate of drug-likeness (QED) is 0.880. The zero-order valence-corrected chi connectivity index (χ0v) is 11.4. The number of ether oxygens (including phenoxy) is 2. The second-order valence-corrected chi connectivity index (χ2v) is 4.30.